The molecule has 0 aliphatic rings. The van der Waals surface area contributed by atoms with Crippen LogP contribution in [0.15, 0.2) is 34.9 Å². The van der Waals surface area contributed by atoms with Gasteiger partial charge in [-0.2, -0.15) is 0 Å². The molecule has 27 heavy (non-hydrogen) atoms. The monoisotopic (exact) mass is 364 g/mol. The first-order valence-electron chi connectivity index (χ1n) is 8.17. The minimum atomic E-state index is -1.16. The normalized spacial score (nSPS) is 11.2. The van der Waals surface area contributed by atoms with Crippen LogP contribution in [0.3, 0.4) is 0 Å². The fraction of sp³-hybridized carbons (Fsp3) is 0.105. The second-order valence-electron chi connectivity index (χ2n) is 6.33. The molecule has 0 saturated heterocycles. The fourth-order valence-corrected chi connectivity index (χ4v) is 3.47. The number of aromatic nitrogens is 2. The Bertz CT molecular complexity index is 1220. The molecule has 8 heteroatoms. The maximum Gasteiger partial charge on any atom is 0.409 e. The zero-order valence-corrected chi connectivity index (χ0v) is 14.6. The third kappa shape index (κ3) is 2.67. The fourth-order valence-electron chi connectivity index (χ4n) is 3.47. The number of nitrogens with zero attached hydrogens (tertiary/aromatic N) is 1. The number of H-pyrrole nitrogens is 1. The summed E-state index contributed by atoms with van der Waals surface area (Å²) in [5, 5.41) is 16.6. The molecule has 0 aliphatic carbocycles. The van der Waals surface area contributed by atoms with Gasteiger partial charge in [0, 0.05) is 38.6 Å². The number of aryl methyl sites for hydroxylation is 2. The van der Waals surface area contributed by atoms with Gasteiger partial charge >= 0.3 is 6.09 Å². The zero-order chi connectivity index (χ0) is 19.3. The van der Waals surface area contributed by atoms with Gasteiger partial charge in [0.2, 0.25) is 5.91 Å². The second-order valence-corrected chi connectivity index (χ2v) is 6.33. The molecule has 136 valence electrons. The highest BCUT2D eigenvalue weighted by Crippen LogP contribution is 2.36. The molecule has 2 heterocycles. The first-order valence-corrected chi connectivity index (χ1v) is 8.17. The topological polar surface area (TPSA) is 134 Å². The molecule has 0 aliphatic heterocycles. The van der Waals surface area contributed by atoms with Crippen molar-refractivity contribution in [2.45, 2.75) is 13.8 Å². The molecule has 4 aromatic rings. The molecule has 2 amide bonds. The molecule has 0 radical (unpaired) electrons. The number of aromatic amines is 1. The van der Waals surface area contributed by atoms with Gasteiger partial charge in [0.05, 0.1) is 5.69 Å². The lowest BCUT2D eigenvalue weighted by Crippen LogP contribution is -2.11. The van der Waals surface area contributed by atoms with Crippen LogP contribution >= 0.6 is 0 Å². The van der Waals surface area contributed by atoms with Crippen molar-refractivity contribution in [1.82, 2.24) is 10.1 Å². The lowest BCUT2D eigenvalue weighted by molar-refractivity contribution is 0.100. The number of hydrogen-bond donors (Lipinski definition) is 4. The Morgan fingerprint density at radius 3 is 2.59 bits per heavy atom. The molecule has 0 fully saturated rings. The maximum absolute atomic E-state index is 12.2. The van der Waals surface area contributed by atoms with Crippen LogP contribution in [0, 0.1) is 13.8 Å². The van der Waals surface area contributed by atoms with E-state index in [1.54, 1.807) is 31.2 Å². The number of anilines is 1. The molecular weight excluding hydrogens is 348 g/mol. The maximum atomic E-state index is 12.2. The van der Waals surface area contributed by atoms with E-state index in [4.69, 9.17) is 15.4 Å². The highest BCUT2D eigenvalue weighted by molar-refractivity contribution is 6.19. The van der Waals surface area contributed by atoms with Crippen molar-refractivity contribution >= 4 is 39.5 Å². The summed E-state index contributed by atoms with van der Waals surface area (Å²) >= 11 is 0. The summed E-state index contributed by atoms with van der Waals surface area (Å²) in [6, 6.07) is 8.68. The first-order chi connectivity index (χ1) is 12.8. The predicted molar refractivity (Wildman–Crippen MR) is 101 cm³/mol. The number of hydrogen-bond acceptors (Lipinski definition) is 4. The third-order valence-corrected chi connectivity index (χ3v) is 4.54. The van der Waals surface area contributed by atoms with E-state index >= 15 is 0 Å². The summed E-state index contributed by atoms with van der Waals surface area (Å²) in [4.78, 5) is 26.3. The Morgan fingerprint density at radius 2 is 1.96 bits per heavy atom. The van der Waals surface area contributed by atoms with Crippen molar-refractivity contribution in [3.8, 4) is 11.1 Å². The number of benzene rings is 2. The van der Waals surface area contributed by atoms with Crippen molar-refractivity contribution in [3.63, 3.8) is 0 Å². The average molecular weight is 364 g/mol. The van der Waals surface area contributed by atoms with Gasteiger partial charge in [-0.3, -0.25) is 10.1 Å². The highest BCUT2D eigenvalue weighted by Gasteiger charge is 2.19. The molecule has 0 saturated carbocycles. The number of carboxylic acid groups (broad SMARTS) is 1. The number of amides is 2. The number of nitrogens with one attached hydrogen (secondary N) is 2. The molecular formula is C19H16N4O4. The summed E-state index contributed by atoms with van der Waals surface area (Å²) in [6.07, 6.45) is -1.16. The lowest BCUT2D eigenvalue weighted by atomic mass is 9.97. The van der Waals surface area contributed by atoms with E-state index in [1.807, 2.05) is 13.0 Å². The van der Waals surface area contributed by atoms with E-state index in [0.29, 0.717) is 39.0 Å². The molecule has 4 rings (SSSR count). The van der Waals surface area contributed by atoms with E-state index in [0.717, 1.165) is 16.6 Å². The van der Waals surface area contributed by atoms with Crippen LogP contribution < -0.4 is 11.1 Å². The number of nitrogens with two attached hydrogens (primary N) is 1. The Hall–Kier alpha value is -3.81. The van der Waals surface area contributed by atoms with E-state index in [2.05, 4.69) is 15.5 Å². The Kier molecular flexibility index (Phi) is 3.62. The SMILES string of the molecule is Cc1noc(C)c1-c1cc(C(N)=O)c2c(c1)[nH]c1ccc(NC(=O)O)cc12. The Morgan fingerprint density at radius 1 is 1.19 bits per heavy atom. The molecule has 2 aromatic carbocycles. The molecule has 0 spiro atoms. The van der Waals surface area contributed by atoms with Crippen LogP contribution in [-0.2, 0) is 0 Å². The summed E-state index contributed by atoms with van der Waals surface area (Å²) in [7, 11) is 0. The van der Waals surface area contributed by atoms with Gasteiger partial charge in [0.1, 0.15) is 5.76 Å². The smallest absolute Gasteiger partial charge is 0.409 e. The predicted octanol–water partition coefficient (Wildman–Crippen LogP) is 3.78. The minimum absolute atomic E-state index is 0.334. The number of fused-ring (bicyclic) bond motifs is 3. The molecule has 0 atom stereocenters. The van der Waals surface area contributed by atoms with Gasteiger partial charge in [-0.1, -0.05) is 5.16 Å². The summed E-state index contributed by atoms with van der Waals surface area (Å²) in [5.41, 5.74) is 10.2. The van der Waals surface area contributed by atoms with Crippen molar-refractivity contribution in [2.75, 3.05) is 5.32 Å². The largest absolute Gasteiger partial charge is 0.465 e. The second kappa shape index (κ2) is 5.87. The van der Waals surface area contributed by atoms with Gasteiger partial charge in [0.15, 0.2) is 0 Å². The number of primary amides is 1. The van der Waals surface area contributed by atoms with Crippen LogP contribution in [0.1, 0.15) is 21.8 Å². The van der Waals surface area contributed by atoms with Crippen molar-refractivity contribution < 1.29 is 19.2 Å². The Labute approximate surface area is 152 Å². The number of carbonyl (C=O) groups is 2. The van der Waals surface area contributed by atoms with Gasteiger partial charge in [-0.25, -0.2) is 4.79 Å². The average Bonchev–Trinajstić information content (AvgIpc) is 3.12. The Balaban J connectivity index is 2.04. The summed E-state index contributed by atoms with van der Waals surface area (Å²) < 4.78 is 5.23. The lowest BCUT2D eigenvalue weighted by Gasteiger charge is -2.06. The van der Waals surface area contributed by atoms with Gasteiger partial charge < -0.3 is 20.3 Å². The van der Waals surface area contributed by atoms with Crippen LogP contribution in [0.5, 0.6) is 0 Å². The molecule has 0 bridgehead atoms. The summed E-state index contributed by atoms with van der Waals surface area (Å²) in [5.74, 6) is 0.0671. The van der Waals surface area contributed by atoms with Crippen LogP contribution in [0.4, 0.5) is 10.5 Å². The zero-order valence-electron chi connectivity index (χ0n) is 14.6. The van der Waals surface area contributed by atoms with Gasteiger partial charge in [0.25, 0.3) is 0 Å². The highest BCUT2D eigenvalue weighted by atomic mass is 16.5. The van der Waals surface area contributed by atoms with Gasteiger partial charge in [-0.05, 0) is 49.7 Å². The molecule has 8 nitrogen and oxygen atoms in total. The van der Waals surface area contributed by atoms with Crippen molar-refractivity contribution in [2.24, 2.45) is 5.73 Å². The minimum Gasteiger partial charge on any atom is -0.465 e. The van der Waals surface area contributed by atoms with E-state index in [-0.39, 0.29) is 0 Å². The first kappa shape index (κ1) is 16.6. The molecule has 5 N–H and O–H groups in total. The van der Waals surface area contributed by atoms with Crippen LogP contribution in [0.2, 0.25) is 0 Å². The summed E-state index contributed by atoms with van der Waals surface area (Å²) in [6.45, 7) is 3.63. The van der Waals surface area contributed by atoms with E-state index in [9.17, 15) is 9.59 Å². The van der Waals surface area contributed by atoms with Crippen molar-refractivity contribution in [3.05, 3.63) is 47.3 Å². The third-order valence-electron chi connectivity index (χ3n) is 4.54. The van der Waals surface area contributed by atoms with Crippen LogP contribution in [0.25, 0.3) is 32.9 Å². The van der Waals surface area contributed by atoms with Gasteiger partial charge in [-0.15, -0.1) is 0 Å². The molecule has 0 unspecified atom stereocenters. The standard InChI is InChI=1S/C19H16N4O4/c1-8-16(9(2)27-23-8)10-5-13(18(20)24)17-12-7-11(21-19(25)26)3-4-14(12)22-15(17)6-10/h3-7,21-22H,1-2H3,(H2,20,24)(H,25,26). The van der Waals surface area contributed by atoms with E-state index in [1.165, 1.54) is 0 Å². The quantitative estimate of drug-likeness (QED) is 0.439. The van der Waals surface area contributed by atoms with E-state index < -0.39 is 12.0 Å². The molecule has 2 aromatic heterocycles. The number of rotatable bonds is 3. The van der Waals surface area contributed by atoms with Crippen molar-refractivity contribution in [1.29, 1.82) is 0 Å². The van der Waals surface area contributed by atoms with Crippen LogP contribution in [-0.4, -0.2) is 27.2 Å². The number of carbonyl (C=O) groups excluding carboxylic acids is 1.